The van der Waals surface area contributed by atoms with Gasteiger partial charge in [-0.2, -0.15) is 0 Å². The molecule has 0 heterocycles. The van der Waals surface area contributed by atoms with Gasteiger partial charge in [-0.25, -0.2) is 0 Å². The van der Waals surface area contributed by atoms with E-state index >= 15 is 0 Å². The summed E-state index contributed by atoms with van der Waals surface area (Å²) in [6.45, 7) is 5.42. The van der Waals surface area contributed by atoms with Crippen LogP contribution in [0.2, 0.25) is 0 Å². The number of ether oxygens (including phenoxy) is 2. The third-order valence-electron chi connectivity index (χ3n) is 1.17. The predicted octanol–water partition coefficient (Wildman–Crippen LogP) is 2.26. The number of hydrogen-bond donors (Lipinski definition) is 0. The van der Waals surface area contributed by atoms with Gasteiger partial charge in [0.25, 0.3) is 0 Å². The number of alkyl halides is 1. The molecular formula is C8H15FO2. The molecule has 0 aromatic heterocycles. The molecule has 0 amide bonds. The minimum absolute atomic E-state index is 0.271. The van der Waals surface area contributed by atoms with Gasteiger partial charge in [-0.3, -0.25) is 4.39 Å². The first-order valence-corrected chi connectivity index (χ1v) is 3.75. The van der Waals surface area contributed by atoms with Crippen LogP contribution in [-0.4, -0.2) is 19.6 Å². The largest absolute Gasteiger partial charge is 0.473 e. The standard InChI is InChI=1S/C8H15FO2/c1-3-10-8(2)11-7-5-4-6-9/h3,8H,1,4-7H2,2H3. The van der Waals surface area contributed by atoms with Crippen LogP contribution in [0, 0.1) is 0 Å². The minimum Gasteiger partial charge on any atom is -0.473 e. The molecule has 0 aliphatic rings. The average Bonchev–Trinajstić information content (AvgIpc) is 1.99. The second-order valence-electron chi connectivity index (χ2n) is 2.14. The fraction of sp³-hybridized carbons (Fsp3) is 0.750. The van der Waals surface area contributed by atoms with Gasteiger partial charge >= 0.3 is 0 Å². The first kappa shape index (κ1) is 10.4. The Balaban J connectivity index is 3.03. The van der Waals surface area contributed by atoms with Gasteiger partial charge in [-0.15, -0.1) is 0 Å². The first-order valence-electron chi connectivity index (χ1n) is 3.75. The maximum atomic E-state index is 11.6. The fourth-order valence-electron chi connectivity index (χ4n) is 0.621. The van der Waals surface area contributed by atoms with Crippen molar-refractivity contribution in [2.75, 3.05) is 13.3 Å². The summed E-state index contributed by atoms with van der Waals surface area (Å²) in [6, 6.07) is 0. The third kappa shape index (κ3) is 7.33. The fourth-order valence-corrected chi connectivity index (χ4v) is 0.621. The van der Waals surface area contributed by atoms with E-state index in [4.69, 9.17) is 9.47 Å². The van der Waals surface area contributed by atoms with Crippen molar-refractivity contribution in [3.05, 3.63) is 12.8 Å². The van der Waals surface area contributed by atoms with Crippen LogP contribution in [0.15, 0.2) is 12.8 Å². The molecule has 0 N–H and O–H groups in total. The summed E-state index contributed by atoms with van der Waals surface area (Å²) in [5.74, 6) is 0. The van der Waals surface area contributed by atoms with Crippen LogP contribution in [0.1, 0.15) is 19.8 Å². The quantitative estimate of drug-likeness (QED) is 0.325. The Morgan fingerprint density at radius 2 is 2.27 bits per heavy atom. The van der Waals surface area contributed by atoms with E-state index in [1.54, 1.807) is 6.92 Å². The molecule has 0 aromatic rings. The highest BCUT2D eigenvalue weighted by Crippen LogP contribution is 1.97. The highest BCUT2D eigenvalue weighted by molar-refractivity contribution is 4.49. The molecule has 66 valence electrons. The molecule has 3 heteroatoms. The first-order chi connectivity index (χ1) is 5.31. The molecule has 0 rings (SSSR count). The van der Waals surface area contributed by atoms with Crippen LogP contribution in [0.5, 0.6) is 0 Å². The normalized spacial score (nSPS) is 12.5. The van der Waals surface area contributed by atoms with Gasteiger partial charge < -0.3 is 9.47 Å². The molecule has 0 fully saturated rings. The smallest absolute Gasteiger partial charge is 0.196 e. The molecule has 0 bridgehead atoms. The molecule has 11 heavy (non-hydrogen) atoms. The molecule has 1 atom stereocenters. The molecule has 0 aliphatic heterocycles. The highest BCUT2D eigenvalue weighted by atomic mass is 19.1. The molecule has 1 unspecified atom stereocenters. The number of halogens is 1. The zero-order valence-electron chi connectivity index (χ0n) is 6.88. The zero-order chi connectivity index (χ0) is 8.53. The molecule has 0 aliphatic carbocycles. The molecule has 0 radical (unpaired) electrons. The molecule has 0 aromatic carbocycles. The van der Waals surface area contributed by atoms with Crippen molar-refractivity contribution in [1.82, 2.24) is 0 Å². The summed E-state index contributed by atoms with van der Waals surface area (Å²) in [6.07, 6.45) is 2.36. The number of hydrogen-bond acceptors (Lipinski definition) is 2. The van der Waals surface area contributed by atoms with Crippen molar-refractivity contribution in [2.45, 2.75) is 26.1 Å². The Bertz CT molecular complexity index is 96.1. The second kappa shape index (κ2) is 7.54. The second-order valence-corrected chi connectivity index (χ2v) is 2.14. The van der Waals surface area contributed by atoms with Gasteiger partial charge in [0.2, 0.25) is 0 Å². The SMILES string of the molecule is C=COC(C)OCCCCF. The minimum atomic E-state index is -0.278. The lowest BCUT2D eigenvalue weighted by Gasteiger charge is -2.11. The van der Waals surface area contributed by atoms with Gasteiger partial charge in [-0.05, 0) is 19.8 Å². The van der Waals surface area contributed by atoms with E-state index in [9.17, 15) is 4.39 Å². The Labute approximate surface area is 67.0 Å². The van der Waals surface area contributed by atoms with Crippen molar-refractivity contribution < 1.29 is 13.9 Å². The summed E-state index contributed by atoms with van der Waals surface area (Å²) in [7, 11) is 0. The Hall–Kier alpha value is -0.570. The Morgan fingerprint density at radius 3 is 2.82 bits per heavy atom. The van der Waals surface area contributed by atoms with Gasteiger partial charge in [0.05, 0.1) is 19.5 Å². The maximum absolute atomic E-state index is 11.6. The van der Waals surface area contributed by atoms with Crippen LogP contribution in [0.25, 0.3) is 0 Å². The van der Waals surface area contributed by atoms with Crippen LogP contribution < -0.4 is 0 Å². The monoisotopic (exact) mass is 162 g/mol. The van der Waals surface area contributed by atoms with Crippen LogP contribution in [0.4, 0.5) is 4.39 Å². The molecule has 2 nitrogen and oxygen atoms in total. The van der Waals surface area contributed by atoms with Crippen LogP contribution >= 0.6 is 0 Å². The summed E-state index contributed by atoms with van der Waals surface area (Å²) in [5, 5.41) is 0. The van der Waals surface area contributed by atoms with Gasteiger partial charge in [0, 0.05) is 0 Å². The van der Waals surface area contributed by atoms with E-state index in [2.05, 4.69) is 6.58 Å². The van der Waals surface area contributed by atoms with E-state index in [1.165, 1.54) is 6.26 Å². The van der Waals surface area contributed by atoms with E-state index in [-0.39, 0.29) is 13.0 Å². The highest BCUT2D eigenvalue weighted by Gasteiger charge is 1.97. The summed E-state index contributed by atoms with van der Waals surface area (Å²) in [5.41, 5.74) is 0. The molecule has 0 spiro atoms. The topological polar surface area (TPSA) is 18.5 Å². The van der Waals surface area contributed by atoms with Crippen molar-refractivity contribution in [3.63, 3.8) is 0 Å². The lowest BCUT2D eigenvalue weighted by atomic mass is 10.3. The van der Waals surface area contributed by atoms with Crippen molar-refractivity contribution in [2.24, 2.45) is 0 Å². The van der Waals surface area contributed by atoms with Crippen LogP contribution in [-0.2, 0) is 9.47 Å². The van der Waals surface area contributed by atoms with E-state index in [0.717, 1.165) is 6.42 Å². The van der Waals surface area contributed by atoms with E-state index in [0.29, 0.717) is 13.0 Å². The van der Waals surface area contributed by atoms with E-state index in [1.807, 2.05) is 0 Å². The van der Waals surface area contributed by atoms with Crippen molar-refractivity contribution in [3.8, 4) is 0 Å². The van der Waals surface area contributed by atoms with E-state index < -0.39 is 0 Å². The zero-order valence-corrected chi connectivity index (χ0v) is 6.88. The average molecular weight is 162 g/mol. The molecular weight excluding hydrogens is 147 g/mol. The maximum Gasteiger partial charge on any atom is 0.196 e. The molecule has 0 saturated carbocycles. The summed E-state index contributed by atoms with van der Waals surface area (Å²) in [4.78, 5) is 0. The molecule has 0 saturated heterocycles. The summed E-state index contributed by atoms with van der Waals surface area (Å²) >= 11 is 0. The van der Waals surface area contributed by atoms with Crippen molar-refractivity contribution in [1.29, 1.82) is 0 Å². The summed E-state index contributed by atoms with van der Waals surface area (Å²) < 4.78 is 21.6. The van der Waals surface area contributed by atoms with Gasteiger partial charge in [-0.1, -0.05) is 6.58 Å². The number of unbranched alkanes of at least 4 members (excludes halogenated alkanes) is 1. The lowest BCUT2D eigenvalue weighted by molar-refractivity contribution is -0.0934. The lowest BCUT2D eigenvalue weighted by Crippen LogP contribution is -2.10. The third-order valence-corrected chi connectivity index (χ3v) is 1.17. The Morgan fingerprint density at radius 1 is 1.55 bits per heavy atom. The number of rotatable bonds is 7. The van der Waals surface area contributed by atoms with Gasteiger partial charge in [0.15, 0.2) is 6.29 Å². The van der Waals surface area contributed by atoms with Crippen LogP contribution in [0.3, 0.4) is 0 Å². The van der Waals surface area contributed by atoms with Gasteiger partial charge in [0.1, 0.15) is 0 Å². The predicted molar refractivity (Wildman–Crippen MR) is 41.9 cm³/mol. The van der Waals surface area contributed by atoms with Crippen molar-refractivity contribution >= 4 is 0 Å². The Kier molecular flexibility index (Phi) is 7.15.